The van der Waals surface area contributed by atoms with Crippen molar-refractivity contribution in [2.45, 2.75) is 20.3 Å². The maximum atomic E-state index is 5.97. The van der Waals surface area contributed by atoms with E-state index in [9.17, 15) is 0 Å². The van der Waals surface area contributed by atoms with E-state index >= 15 is 0 Å². The van der Waals surface area contributed by atoms with Crippen LogP contribution >= 0.6 is 31.9 Å². The lowest BCUT2D eigenvalue weighted by atomic mass is 10.2. The van der Waals surface area contributed by atoms with Crippen LogP contribution in [-0.4, -0.2) is 37.3 Å². The Kier molecular flexibility index (Phi) is 7.77. The van der Waals surface area contributed by atoms with Crippen LogP contribution in [0.15, 0.2) is 33.7 Å². The molecule has 0 aliphatic carbocycles. The SMILES string of the molecule is C=CCC[N+](CC)(CC)CCOc1c(Br)cc(N)cc1Br. The van der Waals surface area contributed by atoms with Crippen LogP contribution in [0.25, 0.3) is 0 Å². The molecule has 5 heteroatoms. The number of hydrogen-bond acceptors (Lipinski definition) is 2. The van der Waals surface area contributed by atoms with Gasteiger partial charge >= 0.3 is 0 Å². The van der Waals surface area contributed by atoms with E-state index in [2.05, 4.69) is 52.3 Å². The second-order valence-electron chi connectivity index (χ2n) is 5.16. The first-order chi connectivity index (χ1) is 9.98. The molecule has 0 aliphatic heterocycles. The van der Waals surface area contributed by atoms with Gasteiger partial charge in [-0.2, -0.15) is 0 Å². The standard InChI is InChI=1S/C16H25Br2N2O/c1-4-7-8-20(5-2,6-3)9-10-21-16-14(17)11-13(19)12-15(16)18/h4,11-12H,1,5-10,19H2,2-3H3/q+1. The molecule has 1 rings (SSSR count). The van der Waals surface area contributed by atoms with Crippen molar-refractivity contribution in [3.8, 4) is 5.75 Å². The van der Waals surface area contributed by atoms with E-state index in [-0.39, 0.29) is 0 Å². The highest BCUT2D eigenvalue weighted by Gasteiger charge is 2.22. The van der Waals surface area contributed by atoms with Crippen LogP contribution < -0.4 is 10.5 Å². The molecule has 0 fully saturated rings. The highest BCUT2D eigenvalue weighted by Crippen LogP contribution is 2.35. The van der Waals surface area contributed by atoms with Gasteiger partial charge in [0.1, 0.15) is 18.9 Å². The average Bonchev–Trinajstić information content (AvgIpc) is 2.45. The fourth-order valence-corrected chi connectivity index (χ4v) is 3.84. The van der Waals surface area contributed by atoms with Crippen molar-refractivity contribution < 1.29 is 9.22 Å². The molecule has 0 saturated carbocycles. The van der Waals surface area contributed by atoms with Gasteiger partial charge < -0.3 is 15.0 Å². The summed E-state index contributed by atoms with van der Waals surface area (Å²) in [6.45, 7) is 13.3. The molecule has 0 amide bonds. The summed E-state index contributed by atoms with van der Waals surface area (Å²) in [6.07, 6.45) is 3.03. The van der Waals surface area contributed by atoms with Gasteiger partial charge in [-0.1, -0.05) is 6.08 Å². The molecule has 0 spiro atoms. The van der Waals surface area contributed by atoms with Gasteiger partial charge in [0.25, 0.3) is 0 Å². The Labute approximate surface area is 145 Å². The van der Waals surface area contributed by atoms with Gasteiger partial charge in [0.2, 0.25) is 0 Å². The summed E-state index contributed by atoms with van der Waals surface area (Å²) >= 11 is 7.00. The maximum Gasteiger partial charge on any atom is 0.148 e. The lowest BCUT2D eigenvalue weighted by Gasteiger charge is -2.36. The van der Waals surface area contributed by atoms with E-state index in [1.807, 2.05) is 18.2 Å². The number of likely N-dealkylation sites (N-methyl/N-ethyl adjacent to an activating group) is 1. The summed E-state index contributed by atoms with van der Waals surface area (Å²) in [6, 6.07) is 3.72. The number of nitrogen functional groups attached to an aromatic ring is 1. The molecule has 0 aliphatic rings. The second kappa shape index (κ2) is 8.81. The number of nitrogens with zero attached hydrogens (tertiary/aromatic N) is 1. The second-order valence-corrected chi connectivity index (χ2v) is 6.87. The van der Waals surface area contributed by atoms with Gasteiger partial charge in [-0.15, -0.1) is 6.58 Å². The van der Waals surface area contributed by atoms with Crippen LogP contribution in [-0.2, 0) is 0 Å². The number of rotatable bonds is 9. The van der Waals surface area contributed by atoms with Crippen LogP contribution in [0.1, 0.15) is 20.3 Å². The molecule has 0 aromatic heterocycles. The maximum absolute atomic E-state index is 5.97. The van der Waals surface area contributed by atoms with E-state index in [0.29, 0.717) is 12.3 Å². The number of halogens is 2. The van der Waals surface area contributed by atoms with Crippen molar-refractivity contribution in [3.05, 3.63) is 33.7 Å². The Morgan fingerprint density at radius 1 is 1.19 bits per heavy atom. The molecule has 0 heterocycles. The minimum absolute atomic E-state index is 0.680. The minimum Gasteiger partial charge on any atom is -0.485 e. The smallest absolute Gasteiger partial charge is 0.148 e. The molecule has 21 heavy (non-hydrogen) atoms. The fourth-order valence-electron chi connectivity index (χ4n) is 2.39. The Morgan fingerprint density at radius 3 is 2.24 bits per heavy atom. The quantitative estimate of drug-likeness (QED) is 0.359. The summed E-state index contributed by atoms with van der Waals surface area (Å²) in [5.41, 5.74) is 6.50. The minimum atomic E-state index is 0.680. The predicted molar refractivity (Wildman–Crippen MR) is 97.6 cm³/mol. The number of ether oxygens (including phenoxy) is 1. The summed E-state index contributed by atoms with van der Waals surface area (Å²) in [7, 11) is 0. The van der Waals surface area contributed by atoms with E-state index < -0.39 is 0 Å². The van der Waals surface area contributed by atoms with Crippen molar-refractivity contribution in [2.75, 3.05) is 38.5 Å². The van der Waals surface area contributed by atoms with Crippen molar-refractivity contribution in [2.24, 2.45) is 0 Å². The van der Waals surface area contributed by atoms with Crippen LogP contribution in [0.4, 0.5) is 5.69 Å². The number of anilines is 1. The Balaban J connectivity index is 2.68. The van der Waals surface area contributed by atoms with Crippen molar-refractivity contribution in [3.63, 3.8) is 0 Å². The van der Waals surface area contributed by atoms with E-state index in [0.717, 1.165) is 51.8 Å². The van der Waals surface area contributed by atoms with Gasteiger partial charge in [-0.25, -0.2) is 0 Å². The molecule has 1 aromatic rings. The van der Waals surface area contributed by atoms with Gasteiger partial charge in [0, 0.05) is 12.1 Å². The lowest BCUT2D eigenvalue weighted by molar-refractivity contribution is -0.924. The molecule has 0 unspecified atom stereocenters. The zero-order chi connectivity index (χ0) is 15.9. The summed E-state index contributed by atoms with van der Waals surface area (Å²) < 4.78 is 8.78. The average molecular weight is 421 g/mol. The molecule has 0 bridgehead atoms. The van der Waals surface area contributed by atoms with Gasteiger partial charge in [0.05, 0.1) is 28.6 Å². The molecule has 0 saturated heterocycles. The molecule has 0 atom stereocenters. The van der Waals surface area contributed by atoms with E-state index in [4.69, 9.17) is 10.5 Å². The van der Waals surface area contributed by atoms with Crippen molar-refractivity contribution in [1.29, 1.82) is 0 Å². The Morgan fingerprint density at radius 2 is 1.76 bits per heavy atom. The monoisotopic (exact) mass is 419 g/mol. The Bertz CT molecular complexity index is 450. The number of hydrogen-bond donors (Lipinski definition) is 1. The summed E-state index contributed by atoms with van der Waals surface area (Å²) in [5.74, 6) is 0.818. The molecular weight excluding hydrogens is 396 g/mol. The molecule has 3 nitrogen and oxygen atoms in total. The molecule has 1 aromatic carbocycles. The third-order valence-electron chi connectivity index (χ3n) is 3.98. The van der Waals surface area contributed by atoms with E-state index in [1.54, 1.807) is 0 Å². The molecular formula is C16H25Br2N2O+. The zero-order valence-corrected chi connectivity index (χ0v) is 16.0. The normalized spacial score (nSPS) is 11.4. The fraction of sp³-hybridized carbons (Fsp3) is 0.500. The van der Waals surface area contributed by atoms with Gasteiger partial charge in [0.15, 0.2) is 0 Å². The molecule has 2 N–H and O–H groups in total. The molecule has 0 radical (unpaired) electrons. The first-order valence-electron chi connectivity index (χ1n) is 7.31. The van der Waals surface area contributed by atoms with Crippen molar-refractivity contribution >= 4 is 37.5 Å². The third kappa shape index (κ3) is 5.31. The van der Waals surface area contributed by atoms with E-state index in [1.165, 1.54) is 0 Å². The third-order valence-corrected chi connectivity index (χ3v) is 5.16. The lowest BCUT2D eigenvalue weighted by Crippen LogP contribution is -2.50. The van der Waals surface area contributed by atoms with Crippen LogP contribution in [0.5, 0.6) is 5.75 Å². The predicted octanol–water partition coefficient (Wildman–Crippen LogP) is 4.61. The first kappa shape index (κ1) is 18.5. The summed E-state index contributed by atoms with van der Waals surface area (Å²) in [4.78, 5) is 0. The van der Waals surface area contributed by atoms with Crippen LogP contribution in [0, 0.1) is 0 Å². The molecule has 118 valence electrons. The number of quaternary nitrogens is 1. The first-order valence-corrected chi connectivity index (χ1v) is 8.90. The van der Waals surface area contributed by atoms with Crippen LogP contribution in [0.2, 0.25) is 0 Å². The largest absolute Gasteiger partial charge is 0.485 e. The summed E-state index contributed by atoms with van der Waals surface area (Å²) in [5, 5.41) is 0. The Hall–Kier alpha value is -0.520. The van der Waals surface area contributed by atoms with Gasteiger partial charge in [-0.3, -0.25) is 0 Å². The zero-order valence-electron chi connectivity index (χ0n) is 12.9. The van der Waals surface area contributed by atoms with Crippen molar-refractivity contribution in [1.82, 2.24) is 0 Å². The topological polar surface area (TPSA) is 35.2 Å². The number of benzene rings is 1. The van der Waals surface area contributed by atoms with Gasteiger partial charge in [-0.05, 0) is 57.8 Å². The van der Waals surface area contributed by atoms with Crippen LogP contribution in [0.3, 0.4) is 0 Å². The number of nitrogens with two attached hydrogens (primary N) is 1. The highest BCUT2D eigenvalue weighted by molar-refractivity contribution is 9.11. The highest BCUT2D eigenvalue weighted by atomic mass is 79.9.